The van der Waals surface area contributed by atoms with Crippen LogP contribution in [0.5, 0.6) is 0 Å². The number of benzene rings is 8. The maximum absolute atomic E-state index is 6.76. The van der Waals surface area contributed by atoms with Crippen molar-refractivity contribution in [3.63, 3.8) is 0 Å². The average Bonchev–Trinajstić information content (AvgIpc) is 3.98. The Hall–Kier alpha value is -7.50. The second kappa shape index (κ2) is 10.6. The first kappa shape index (κ1) is 29.0. The predicted octanol–water partition coefficient (Wildman–Crippen LogP) is 13.1. The molecule has 0 aliphatic carbocycles. The number of hydrogen-bond donors (Lipinski definition) is 0. The SMILES string of the molecule is c1ccc(-c2ccc(-c3nc(-n4c5ccccc5c5cc6c7cc8ccccc8cc7n7c8ccccc8c(c54)c67)c4oc5ccccc5c4n3)cc2)cc1. The van der Waals surface area contributed by atoms with Gasteiger partial charge >= 0.3 is 0 Å². The Kier molecular flexibility index (Phi) is 5.57. The third-order valence-corrected chi connectivity index (χ3v) is 11.6. The summed E-state index contributed by atoms with van der Waals surface area (Å²) in [4.78, 5) is 10.7. The predicted molar refractivity (Wildman–Crippen MR) is 227 cm³/mol. The molecule has 13 rings (SSSR count). The lowest BCUT2D eigenvalue weighted by atomic mass is 10.0. The molecule has 0 atom stereocenters. The third kappa shape index (κ3) is 3.86. The molecular formula is C50H28N4O. The lowest BCUT2D eigenvalue weighted by Gasteiger charge is -2.11. The number of hydrogen-bond acceptors (Lipinski definition) is 3. The summed E-state index contributed by atoms with van der Waals surface area (Å²) in [5.74, 6) is 1.38. The molecule has 254 valence electrons. The van der Waals surface area contributed by atoms with Gasteiger partial charge in [-0.25, -0.2) is 9.97 Å². The minimum atomic E-state index is 0.651. The van der Waals surface area contributed by atoms with E-state index in [1.54, 1.807) is 0 Å². The van der Waals surface area contributed by atoms with Crippen LogP contribution in [0.15, 0.2) is 174 Å². The van der Waals surface area contributed by atoms with Gasteiger partial charge in [0.25, 0.3) is 0 Å². The molecule has 0 spiro atoms. The molecule has 0 saturated carbocycles. The first-order valence-corrected chi connectivity index (χ1v) is 18.7. The minimum Gasteiger partial charge on any atom is -0.450 e. The van der Waals surface area contributed by atoms with Crippen molar-refractivity contribution >= 4 is 92.7 Å². The van der Waals surface area contributed by atoms with Crippen molar-refractivity contribution in [3.8, 4) is 28.3 Å². The number of fused-ring (bicyclic) bond motifs is 14. The molecule has 5 heteroatoms. The summed E-state index contributed by atoms with van der Waals surface area (Å²) < 4.78 is 11.6. The quantitative estimate of drug-likeness (QED) is 0.184. The normalized spacial score (nSPS) is 12.4. The first-order valence-electron chi connectivity index (χ1n) is 18.7. The Balaban J connectivity index is 1.20. The maximum atomic E-state index is 6.76. The summed E-state index contributed by atoms with van der Waals surface area (Å²) in [5, 5.41) is 10.7. The van der Waals surface area contributed by atoms with E-state index in [1.165, 1.54) is 65.2 Å². The van der Waals surface area contributed by atoms with Crippen LogP contribution in [0.25, 0.3) is 121 Å². The molecule has 0 saturated heterocycles. The van der Waals surface area contributed by atoms with Crippen molar-refractivity contribution in [1.29, 1.82) is 0 Å². The number of rotatable bonds is 3. The highest BCUT2D eigenvalue weighted by Crippen LogP contribution is 2.48. The third-order valence-electron chi connectivity index (χ3n) is 11.6. The van der Waals surface area contributed by atoms with Crippen LogP contribution in [-0.2, 0) is 0 Å². The van der Waals surface area contributed by atoms with Gasteiger partial charge in [0.2, 0.25) is 0 Å². The molecule has 0 fully saturated rings. The van der Waals surface area contributed by atoms with Crippen molar-refractivity contribution in [1.82, 2.24) is 18.9 Å². The maximum Gasteiger partial charge on any atom is 0.197 e. The van der Waals surface area contributed by atoms with Crippen LogP contribution in [0, 0.1) is 0 Å². The second-order valence-corrected chi connectivity index (χ2v) is 14.6. The first-order chi connectivity index (χ1) is 27.3. The molecule has 8 aromatic carbocycles. The van der Waals surface area contributed by atoms with Gasteiger partial charge in [0.15, 0.2) is 17.2 Å². The molecule has 0 aliphatic heterocycles. The van der Waals surface area contributed by atoms with Gasteiger partial charge in [0, 0.05) is 43.3 Å². The molecule has 0 unspecified atom stereocenters. The summed E-state index contributed by atoms with van der Waals surface area (Å²) in [5.41, 5.74) is 11.3. The van der Waals surface area contributed by atoms with Crippen LogP contribution in [0.4, 0.5) is 0 Å². The molecule has 5 aromatic heterocycles. The zero-order chi connectivity index (χ0) is 35.8. The van der Waals surface area contributed by atoms with Gasteiger partial charge in [-0.1, -0.05) is 127 Å². The summed E-state index contributed by atoms with van der Waals surface area (Å²) >= 11 is 0. The zero-order valence-corrected chi connectivity index (χ0v) is 29.4. The van der Waals surface area contributed by atoms with Crippen LogP contribution in [0.2, 0.25) is 0 Å². The van der Waals surface area contributed by atoms with Crippen LogP contribution in [-0.4, -0.2) is 18.9 Å². The average molecular weight is 701 g/mol. The van der Waals surface area contributed by atoms with E-state index < -0.39 is 0 Å². The van der Waals surface area contributed by atoms with Crippen LogP contribution < -0.4 is 0 Å². The summed E-state index contributed by atoms with van der Waals surface area (Å²) in [7, 11) is 0. The number of para-hydroxylation sites is 3. The van der Waals surface area contributed by atoms with Gasteiger partial charge in [0.1, 0.15) is 11.1 Å². The Morgan fingerprint density at radius 2 is 1.05 bits per heavy atom. The number of aromatic nitrogens is 4. The van der Waals surface area contributed by atoms with Gasteiger partial charge in [-0.05, 0) is 64.4 Å². The fourth-order valence-corrected chi connectivity index (χ4v) is 9.21. The van der Waals surface area contributed by atoms with Gasteiger partial charge in [-0.2, -0.15) is 0 Å². The van der Waals surface area contributed by atoms with E-state index in [1.807, 2.05) is 24.3 Å². The van der Waals surface area contributed by atoms with Crippen molar-refractivity contribution in [3.05, 3.63) is 170 Å². The zero-order valence-electron chi connectivity index (χ0n) is 29.4. The number of nitrogens with zero attached hydrogens (tertiary/aromatic N) is 4. The van der Waals surface area contributed by atoms with Crippen LogP contribution in [0.3, 0.4) is 0 Å². The molecule has 0 bridgehead atoms. The Morgan fingerprint density at radius 1 is 0.418 bits per heavy atom. The van der Waals surface area contributed by atoms with E-state index in [0.29, 0.717) is 11.4 Å². The highest BCUT2D eigenvalue weighted by molar-refractivity contribution is 6.34. The summed E-state index contributed by atoms with van der Waals surface area (Å²) in [6, 6.07) is 60.5. The van der Waals surface area contributed by atoms with Gasteiger partial charge in [-0.3, -0.25) is 4.57 Å². The van der Waals surface area contributed by atoms with E-state index in [0.717, 1.165) is 44.5 Å². The molecule has 13 aromatic rings. The van der Waals surface area contributed by atoms with Crippen molar-refractivity contribution in [2.45, 2.75) is 0 Å². The van der Waals surface area contributed by atoms with Crippen LogP contribution >= 0.6 is 0 Å². The summed E-state index contributed by atoms with van der Waals surface area (Å²) in [6.07, 6.45) is 0. The Bertz CT molecular complexity index is 3700. The van der Waals surface area contributed by atoms with Crippen molar-refractivity contribution < 1.29 is 4.42 Å². The fourth-order valence-electron chi connectivity index (χ4n) is 9.21. The highest BCUT2D eigenvalue weighted by atomic mass is 16.3. The molecule has 55 heavy (non-hydrogen) atoms. The largest absolute Gasteiger partial charge is 0.450 e. The monoisotopic (exact) mass is 700 g/mol. The van der Waals surface area contributed by atoms with E-state index >= 15 is 0 Å². The molecule has 0 N–H and O–H groups in total. The van der Waals surface area contributed by atoms with E-state index in [2.05, 4.69) is 155 Å². The summed E-state index contributed by atoms with van der Waals surface area (Å²) in [6.45, 7) is 0. The topological polar surface area (TPSA) is 48.3 Å². The lowest BCUT2D eigenvalue weighted by molar-refractivity contribution is 0.662. The van der Waals surface area contributed by atoms with Crippen LogP contribution in [0.1, 0.15) is 0 Å². The van der Waals surface area contributed by atoms with Crippen molar-refractivity contribution in [2.75, 3.05) is 0 Å². The van der Waals surface area contributed by atoms with Gasteiger partial charge < -0.3 is 8.82 Å². The van der Waals surface area contributed by atoms with E-state index in [4.69, 9.17) is 14.4 Å². The molecule has 0 amide bonds. The minimum absolute atomic E-state index is 0.651. The molecular weight excluding hydrogens is 673 g/mol. The molecule has 5 heterocycles. The smallest absolute Gasteiger partial charge is 0.197 e. The lowest BCUT2D eigenvalue weighted by Crippen LogP contribution is -2.02. The standard InChI is InChI=1S/C50H28N4O/c1-2-12-29(13-3-1)30-22-24-31(25-23-30)49-51-45-36-18-8-11-21-43(36)55-48(45)50(52-49)54-40-19-9-6-16-34(40)38-28-39-37-26-32-14-4-5-15-33(32)27-42(37)53-41-20-10-7-17-35(41)44(46(39)53)47(38)54/h1-28H. The molecule has 0 radical (unpaired) electrons. The Labute approximate surface area is 313 Å². The van der Waals surface area contributed by atoms with E-state index in [-0.39, 0.29) is 0 Å². The molecule has 0 aliphatic rings. The number of furan rings is 1. The van der Waals surface area contributed by atoms with Crippen molar-refractivity contribution in [2.24, 2.45) is 0 Å². The second-order valence-electron chi connectivity index (χ2n) is 14.6. The van der Waals surface area contributed by atoms with E-state index in [9.17, 15) is 0 Å². The molecule has 5 nitrogen and oxygen atoms in total. The Morgan fingerprint density at radius 3 is 1.89 bits per heavy atom. The highest BCUT2D eigenvalue weighted by Gasteiger charge is 2.27. The van der Waals surface area contributed by atoms with Gasteiger partial charge in [-0.15, -0.1) is 0 Å². The fraction of sp³-hybridized carbons (Fsp3) is 0. The van der Waals surface area contributed by atoms with Gasteiger partial charge in [0.05, 0.1) is 27.6 Å².